The molecular formula is C17H16N2S. The van der Waals surface area contributed by atoms with E-state index in [1.54, 1.807) is 11.3 Å². The van der Waals surface area contributed by atoms with Crippen LogP contribution in [0.2, 0.25) is 0 Å². The summed E-state index contributed by atoms with van der Waals surface area (Å²) in [5.41, 5.74) is 3.39. The Morgan fingerprint density at radius 3 is 2.25 bits per heavy atom. The summed E-state index contributed by atoms with van der Waals surface area (Å²) in [6.45, 7) is 3.06. The summed E-state index contributed by atoms with van der Waals surface area (Å²) in [6, 6.07) is 20.7. The van der Waals surface area contributed by atoms with Crippen LogP contribution in [0.3, 0.4) is 0 Å². The monoisotopic (exact) mass is 280 g/mol. The molecule has 0 unspecified atom stereocenters. The Balaban J connectivity index is 1.93. The van der Waals surface area contributed by atoms with Crippen molar-refractivity contribution in [3.8, 4) is 11.3 Å². The highest BCUT2D eigenvalue weighted by molar-refractivity contribution is 7.14. The predicted molar refractivity (Wildman–Crippen MR) is 86.7 cm³/mol. The van der Waals surface area contributed by atoms with Crippen molar-refractivity contribution in [1.82, 2.24) is 4.98 Å². The quantitative estimate of drug-likeness (QED) is 0.671. The molecule has 0 spiro atoms. The Hall–Kier alpha value is -2.13. The molecule has 0 atom stereocenters. The van der Waals surface area contributed by atoms with Crippen LogP contribution < -0.4 is 4.90 Å². The molecule has 0 radical (unpaired) electrons. The summed E-state index contributed by atoms with van der Waals surface area (Å²) in [5, 5.41) is 3.16. The number of aromatic nitrogens is 1. The lowest BCUT2D eigenvalue weighted by Crippen LogP contribution is -2.15. The van der Waals surface area contributed by atoms with Crippen molar-refractivity contribution >= 4 is 22.2 Å². The Bertz CT molecular complexity index is 662. The van der Waals surface area contributed by atoms with Crippen molar-refractivity contribution in [2.24, 2.45) is 0 Å². The number of rotatable bonds is 4. The molecule has 1 aromatic heterocycles. The van der Waals surface area contributed by atoms with Gasteiger partial charge in [0, 0.05) is 23.2 Å². The molecule has 3 rings (SSSR count). The van der Waals surface area contributed by atoms with E-state index < -0.39 is 0 Å². The third-order valence-corrected chi connectivity index (χ3v) is 4.04. The molecule has 0 saturated carbocycles. The van der Waals surface area contributed by atoms with Gasteiger partial charge >= 0.3 is 0 Å². The summed E-state index contributed by atoms with van der Waals surface area (Å²) in [7, 11) is 0. The number of para-hydroxylation sites is 1. The van der Waals surface area contributed by atoms with Gasteiger partial charge in [0.25, 0.3) is 0 Å². The summed E-state index contributed by atoms with van der Waals surface area (Å²) >= 11 is 1.69. The lowest BCUT2D eigenvalue weighted by molar-refractivity contribution is 1.01. The molecule has 3 heteroatoms. The second-order valence-electron chi connectivity index (χ2n) is 4.46. The zero-order valence-corrected chi connectivity index (χ0v) is 12.2. The molecule has 20 heavy (non-hydrogen) atoms. The van der Waals surface area contributed by atoms with Gasteiger partial charge in [-0.15, -0.1) is 11.3 Å². The van der Waals surface area contributed by atoms with E-state index in [0.717, 1.165) is 17.4 Å². The Labute approximate surface area is 123 Å². The molecule has 0 aliphatic heterocycles. The van der Waals surface area contributed by atoms with Crippen LogP contribution in [-0.4, -0.2) is 11.5 Å². The fourth-order valence-corrected chi connectivity index (χ4v) is 3.08. The molecule has 2 nitrogen and oxygen atoms in total. The zero-order valence-electron chi connectivity index (χ0n) is 11.4. The van der Waals surface area contributed by atoms with Crippen LogP contribution >= 0.6 is 11.3 Å². The largest absolute Gasteiger partial charge is 0.318 e. The molecule has 2 aromatic carbocycles. The number of hydrogen-bond donors (Lipinski definition) is 0. The topological polar surface area (TPSA) is 16.1 Å². The number of hydrogen-bond acceptors (Lipinski definition) is 3. The smallest absolute Gasteiger partial charge is 0.190 e. The molecule has 0 N–H and O–H groups in total. The van der Waals surface area contributed by atoms with E-state index in [1.165, 1.54) is 11.3 Å². The second kappa shape index (κ2) is 5.88. The fourth-order valence-electron chi connectivity index (χ4n) is 2.17. The summed E-state index contributed by atoms with van der Waals surface area (Å²) in [4.78, 5) is 7.01. The van der Waals surface area contributed by atoms with E-state index in [2.05, 4.69) is 53.6 Å². The maximum atomic E-state index is 4.77. The minimum atomic E-state index is 0.908. The number of benzene rings is 2. The standard InChI is InChI=1S/C17H16N2S/c1-2-19(15-11-7-4-8-12-15)17-18-16(13-20-17)14-9-5-3-6-10-14/h3-13H,2H2,1H3. The Kier molecular flexibility index (Phi) is 3.79. The van der Waals surface area contributed by atoms with E-state index in [0.29, 0.717) is 0 Å². The summed E-state index contributed by atoms with van der Waals surface area (Å²) < 4.78 is 0. The fraction of sp³-hybridized carbons (Fsp3) is 0.118. The van der Waals surface area contributed by atoms with E-state index in [1.807, 2.05) is 24.3 Å². The van der Waals surface area contributed by atoms with Gasteiger partial charge in [0.05, 0.1) is 5.69 Å². The maximum absolute atomic E-state index is 4.77. The van der Waals surface area contributed by atoms with E-state index >= 15 is 0 Å². The average Bonchev–Trinajstić information content (AvgIpc) is 3.00. The van der Waals surface area contributed by atoms with Gasteiger partial charge in [-0.3, -0.25) is 0 Å². The third kappa shape index (κ3) is 2.58. The van der Waals surface area contributed by atoms with Crippen molar-refractivity contribution < 1.29 is 0 Å². The Morgan fingerprint density at radius 2 is 1.60 bits per heavy atom. The highest BCUT2D eigenvalue weighted by atomic mass is 32.1. The van der Waals surface area contributed by atoms with Crippen molar-refractivity contribution in [2.75, 3.05) is 11.4 Å². The van der Waals surface area contributed by atoms with Gasteiger partial charge in [-0.2, -0.15) is 0 Å². The molecule has 0 saturated heterocycles. The van der Waals surface area contributed by atoms with Crippen molar-refractivity contribution in [2.45, 2.75) is 6.92 Å². The lowest BCUT2D eigenvalue weighted by atomic mass is 10.2. The Morgan fingerprint density at radius 1 is 0.950 bits per heavy atom. The highest BCUT2D eigenvalue weighted by Gasteiger charge is 2.12. The minimum Gasteiger partial charge on any atom is -0.318 e. The first-order chi connectivity index (χ1) is 9.88. The first-order valence-corrected chi connectivity index (χ1v) is 7.60. The van der Waals surface area contributed by atoms with E-state index in [-0.39, 0.29) is 0 Å². The van der Waals surface area contributed by atoms with Crippen LogP contribution in [0.5, 0.6) is 0 Å². The molecule has 0 bridgehead atoms. The zero-order chi connectivity index (χ0) is 13.8. The summed E-state index contributed by atoms with van der Waals surface area (Å²) in [5.74, 6) is 0. The predicted octanol–water partition coefficient (Wildman–Crippen LogP) is 4.97. The molecule has 0 fully saturated rings. The average molecular weight is 280 g/mol. The normalized spacial score (nSPS) is 10.4. The van der Waals surface area contributed by atoms with E-state index in [4.69, 9.17) is 4.98 Å². The lowest BCUT2D eigenvalue weighted by Gasteiger charge is -2.19. The molecule has 100 valence electrons. The van der Waals surface area contributed by atoms with Crippen LogP contribution in [0.4, 0.5) is 10.8 Å². The van der Waals surface area contributed by atoms with Crippen LogP contribution in [0, 0.1) is 0 Å². The first-order valence-electron chi connectivity index (χ1n) is 6.72. The van der Waals surface area contributed by atoms with Crippen LogP contribution in [-0.2, 0) is 0 Å². The van der Waals surface area contributed by atoms with Crippen LogP contribution in [0.1, 0.15) is 6.92 Å². The molecule has 0 aliphatic carbocycles. The van der Waals surface area contributed by atoms with Gasteiger partial charge in [0.15, 0.2) is 5.13 Å². The minimum absolute atomic E-state index is 0.908. The van der Waals surface area contributed by atoms with Gasteiger partial charge < -0.3 is 4.90 Å². The van der Waals surface area contributed by atoms with Gasteiger partial charge in [-0.25, -0.2) is 4.98 Å². The number of nitrogens with zero attached hydrogens (tertiary/aromatic N) is 2. The van der Waals surface area contributed by atoms with Gasteiger partial charge in [-0.1, -0.05) is 48.5 Å². The van der Waals surface area contributed by atoms with Crippen LogP contribution in [0.15, 0.2) is 66.0 Å². The van der Waals surface area contributed by atoms with Gasteiger partial charge in [0.2, 0.25) is 0 Å². The molecule has 0 aliphatic rings. The highest BCUT2D eigenvalue weighted by Crippen LogP contribution is 2.31. The molecular weight excluding hydrogens is 264 g/mol. The van der Waals surface area contributed by atoms with E-state index in [9.17, 15) is 0 Å². The van der Waals surface area contributed by atoms with Crippen molar-refractivity contribution in [3.05, 3.63) is 66.0 Å². The number of thiazole rings is 1. The first kappa shape index (κ1) is 12.9. The SMILES string of the molecule is CCN(c1ccccc1)c1nc(-c2ccccc2)cs1. The maximum Gasteiger partial charge on any atom is 0.190 e. The molecule has 0 amide bonds. The van der Waals surface area contributed by atoms with Gasteiger partial charge in [-0.05, 0) is 19.1 Å². The number of anilines is 2. The third-order valence-electron chi connectivity index (χ3n) is 3.18. The van der Waals surface area contributed by atoms with Crippen molar-refractivity contribution in [3.63, 3.8) is 0 Å². The second-order valence-corrected chi connectivity index (χ2v) is 5.30. The molecule has 3 aromatic rings. The molecule has 1 heterocycles. The van der Waals surface area contributed by atoms with Crippen LogP contribution in [0.25, 0.3) is 11.3 Å². The summed E-state index contributed by atoms with van der Waals surface area (Å²) in [6.07, 6.45) is 0. The van der Waals surface area contributed by atoms with Crippen molar-refractivity contribution in [1.29, 1.82) is 0 Å². The van der Waals surface area contributed by atoms with Gasteiger partial charge in [0.1, 0.15) is 0 Å².